The maximum Gasteiger partial charge on any atom is 0.233 e. The van der Waals surface area contributed by atoms with Crippen molar-refractivity contribution < 1.29 is 9.53 Å². The van der Waals surface area contributed by atoms with Crippen molar-refractivity contribution in [3.05, 3.63) is 36.8 Å². The van der Waals surface area contributed by atoms with Crippen molar-refractivity contribution in [3.63, 3.8) is 0 Å². The van der Waals surface area contributed by atoms with Crippen LogP contribution in [0.15, 0.2) is 36.8 Å². The normalized spacial score (nSPS) is 15.6. The Morgan fingerprint density at radius 1 is 1.36 bits per heavy atom. The van der Waals surface area contributed by atoms with E-state index in [0.717, 1.165) is 25.9 Å². The Kier molecular flexibility index (Phi) is 8.31. The highest BCUT2D eigenvalue weighted by Crippen LogP contribution is 2.30. The minimum Gasteiger partial charge on any atom is -0.384 e. The predicted octanol–water partition coefficient (Wildman–Crippen LogP) is 2.07. The first-order valence-corrected chi connectivity index (χ1v) is 7.71. The molecule has 2 aromatic rings. The predicted molar refractivity (Wildman–Crippen MR) is 101 cm³/mol. The smallest absolute Gasteiger partial charge is 0.233 e. The van der Waals surface area contributed by atoms with Gasteiger partial charge in [-0.15, -0.1) is 24.8 Å². The van der Waals surface area contributed by atoms with E-state index >= 15 is 0 Å². The summed E-state index contributed by atoms with van der Waals surface area (Å²) in [6.45, 7) is 2.08. The number of piperidine rings is 1. The zero-order valence-electron chi connectivity index (χ0n) is 14.0. The quantitative estimate of drug-likeness (QED) is 0.820. The highest BCUT2D eigenvalue weighted by molar-refractivity contribution is 5.95. The van der Waals surface area contributed by atoms with Crippen molar-refractivity contribution in [1.82, 2.24) is 20.1 Å². The SMILES string of the molecule is COCC1(C(=O)Nc2ccc(-n3cccn3)nc2)CCNCC1.Cl.Cl. The number of ether oxygens (including phenoxy) is 1. The van der Waals surface area contributed by atoms with E-state index in [1.165, 1.54) is 0 Å². The first-order chi connectivity index (χ1) is 11.2. The van der Waals surface area contributed by atoms with Gasteiger partial charge >= 0.3 is 0 Å². The Hall–Kier alpha value is -1.67. The molecular formula is C16H23Cl2N5O2. The molecule has 3 rings (SSSR count). The molecule has 0 spiro atoms. The number of aromatic nitrogens is 3. The number of halogens is 2. The van der Waals surface area contributed by atoms with E-state index in [1.54, 1.807) is 24.2 Å². The van der Waals surface area contributed by atoms with Gasteiger partial charge in [-0.3, -0.25) is 4.79 Å². The molecule has 0 saturated carbocycles. The first kappa shape index (κ1) is 21.4. The molecule has 0 aliphatic carbocycles. The van der Waals surface area contributed by atoms with Crippen molar-refractivity contribution in [3.8, 4) is 5.82 Å². The number of rotatable bonds is 5. The summed E-state index contributed by atoms with van der Waals surface area (Å²) in [7, 11) is 1.64. The largest absolute Gasteiger partial charge is 0.384 e. The second-order valence-electron chi connectivity index (χ2n) is 5.77. The molecule has 0 aromatic carbocycles. The molecule has 138 valence electrons. The van der Waals surface area contributed by atoms with Gasteiger partial charge in [0.1, 0.15) is 0 Å². The van der Waals surface area contributed by atoms with E-state index < -0.39 is 5.41 Å². The Labute approximate surface area is 159 Å². The van der Waals surface area contributed by atoms with Crippen molar-refractivity contribution in [2.45, 2.75) is 12.8 Å². The molecule has 1 amide bonds. The second-order valence-corrected chi connectivity index (χ2v) is 5.77. The van der Waals surface area contributed by atoms with Crippen LogP contribution in [-0.2, 0) is 9.53 Å². The van der Waals surface area contributed by atoms with Crippen LogP contribution in [0.1, 0.15) is 12.8 Å². The van der Waals surface area contributed by atoms with Gasteiger partial charge in [-0.25, -0.2) is 9.67 Å². The summed E-state index contributed by atoms with van der Waals surface area (Å²) >= 11 is 0. The molecule has 0 bridgehead atoms. The fourth-order valence-electron chi connectivity index (χ4n) is 2.88. The minimum absolute atomic E-state index is 0. The van der Waals surface area contributed by atoms with Gasteiger partial charge in [-0.05, 0) is 44.1 Å². The van der Waals surface area contributed by atoms with Crippen molar-refractivity contribution in [2.75, 3.05) is 32.1 Å². The molecule has 1 fully saturated rings. The van der Waals surface area contributed by atoms with Crippen molar-refractivity contribution >= 4 is 36.4 Å². The Morgan fingerprint density at radius 3 is 2.68 bits per heavy atom. The molecule has 1 saturated heterocycles. The third-order valence-electron chi connectivity index (χ3n) is 4.21. The molecule has 0 radical (unpaired) electrons. The van der Waals surface area contributed by atoms with Gasteiger partial charge in [0, 0.05) is 19.5 Å². The number of nitrogens with zero attached hydrogens (tertiary/aromatic N) is 3. The number of anilines is 1. The second kappa shape index (κ2) is 9.72. The van der Waals surface area contributed by atoms with Crippen LogP contribution in [0.25, 0.3) is 5.82 Å². The lowest BCUT2D eigenvalue weighted by Crippen LogP contribution is -2.47. The highest BCUT2D eigenvalue weighted by atomic mass is 35.5. The van der Waals surface area contributed by atoms with E-state index in [2.05, 4.69) is 20.7 Å². The fourth-order valence-corrected chi connectivity index (χ4v) is 2.88. The molecule has 9 heteroatoms. The standard InChI is InChI=1S/C16H21N5O2.2ClH/c1-23-12-16(5-8-17-9-6-16)15(22)20-13-3-4-14(18-11-13)21-10-2-7-19-21;;/h2-4,7,10-11,17H,5-6,8-9,12H2,1H3,(H,20,22);2*1H. The molecule has 1 aliphatic heterocycles. The topological polar surface area (TPSA) is 81.1 Å². The Morgan fingerprint density at radius 2 is 2.12 bits per heavy atom. The fraction of sp³-hybridized carbons (Fsp3) is 0.438. The average molecular weight is 388 g/mol. The summed E-state index contributed by atoms with van der Waals surface area (Å²) in [5.41, 5.74) is 0.209. The highest BCUT2D eigenvalue weighted by Gasteiger charge is 2.39. The van der Waals surface area contributed by atoms with Crippen LogP contribution < -0.4 is 10.6 Å². The third kappa shape index (κ3) is 4.92. The number of methoxy groups -OCH3 is 1. The van der Waals surface area contributed by atoms with Gasteiger partial charge in [-0.2, -0.15) is 5.10 Å². The third-order valence-corrected chi connectivity index (χ3v) is 4.21. The summed E-state index contributed by atoms with van der Waals surface area (Å²) in [6, 6.07) is 5.50. The van der Waals surface area contributed by atoms with Gasteiger partial charge in [0.05, 0.1) is 23.9 Å². The monoisotopic (exact) mass is 387 g/mol. The van der Waals surface area contributed by atoms with Crippen LogP contribution in [-0.4, -0.2) is 47.5 Å². The molecule has 0 atom stereocenters. The lowest BCUT2D eigenvalue weighted by atomic mass is 9.78. The van der Waals surface area contributed by atoms with Gasteiger partial charge in [-0.1, -0.05) is 0 Å². The first-order valence-electron chi connectivity index (χ1n) is 7.71. The zero-order chi connectivity index (χ0) is 16.1. The Balaban J connectivity index is 0.00000156. The molecule has 2 aromatic heterocycles. The summed E-state index contributed by atoms with van der Waals surface area (Å²) in [5.74, 6) is 0.705. The maximum atomic E-state index is 12.7. The van der Waals surface area contributed by atoms with Crippen molar-refractivity contribution in [1.29, 1.82) is 0 Å². The lowest BCUT2D eigenvalue weighted by molar-refractivity contribution is -0.130. The average Bonchev–Trinajstić information content (AvgIpc) is 3.11. The molecule has 1 aliphatic rings. The van der Waals surface area contributed by atoms with Gasteiger partial charge in [0.15, 0.2) is 5.82 Å². The number of amides is 1. The minimum atomic E-state index is -0.472. The Bertz CT molecular complexity index is 638. The van der Waals surface area contributed by atoms with E-state index in [4.69, 9.17) is 4.74 Å². The van der Waals surface area contributed by atoms with E-state index in [1.807, 2.05) is 24.4 Å². The van der Waals surface area contributed by atoms with Crippen LogP contribution in [0, 0.1) is 5.41 Å². The molecule has 0 unspecified atom stereocenters. The number of carbonyl (C=O) groups excluding carboxylic acids is 1. The summed E-state index contributed by atoms with van der Waals surface area (Å²) in [4.78, 5) is 17.1. The van der Waals surface area contributed by atoms with Crippen LogP contribution in [0.3, 0.4) is 0 Å². The van der Waals surface area contributed by atoms with E-state index in [0.29, 0.717) is 18.1 Å². The molecular weight excluding hydrogens is 365 g/mol. The van der Waals surface area contributed by atoms with Crippen LogP contribution >= 0.6 is 24.8 Å². The maximum absolute atomic E-state index is 12.7. The zero-order valence-corrected chi connectivity index (χ0v) is 15.6. The number of carbonyl (C=O) groups is 1. The molecule has 2 N–H and O–H groups in total. The van der Waals surface area contributed by atoms with Gasteiger partial charge in [0.25, 0.3) is 0 Å². The lowest BCUT2D eigenvalue weighted by Gasteiger charge is -2.35. The van der Waals surface area contributed by atoms with E-state index in [-0.39, 0.29) is 30.7 Å². The molecule has 25 heavy (non-hydrogen) atoms. The molecule has 7 nitrogen and oxygen atoms in total. The number of hydrogen-bond donors (Lipinski definition) is 2. The number of nitrogens with one attached hydrogen (secondary N) is 2. The number of hydrogen-bond acceptors (Lipinski definition) is 5. The summed E-state index contributed by atoms with van der Waals surface area (Å²) < 4.78 is 6.97. The summed E-state index contributed by atoms with van der Waals surface area (Å²) in [6.07, 6.45) is 6.71. The summed E-state index contributed by atoms with van der Waals surface area (Å²) in [5, 5.41) is 10.4. The van der Waals surface area contributed by atoms with Crippen LogP contribution in [0.4, 0.5) is 5.69 Å². The van der Waals surface area contributed by atoms with Crippen molar-refractivity contribution in [2.24, 2.45) is 5.41 Å². The van der Waals surface area contributed by atoms with E-state index in [9.17, 15) is 4.79 Å². The molecule has 3 heterocycles. The van der Waals surface area contributed by atoms with Gasteiger partial charge in [0.2, 0.25) is 5.91 Å². The number of pyridine rings is 1. The van der Waals surface area contributed by atoms with Gasteiger partial charge < -0.3 is 15.4 Å². The van der Waals surface area contributed by atoms with Crippen LogP contribution in [0.2, 0.25) is 0 Å². The van der Waals surface area contributed by atoms with Crippen LogP contribution in [0.5, 0.6) is 0 Å².